The number of aliphatic hydroxyl groups is 2. The van der Waals surface area contributed by atoms with E-state index in [4.69, 9.17) is 0 Å². The fraction of sp³-hybridized carbons (Fsp3) is 0.444. The van der Waals surface area contributed by atoms with Gasteiger partial charge in [-0.3, -0.25) is 4.90 Å². The van der Waals surface area contributed by atoms with Crippen LogP contribution in [-0.2, 0) is 0 Å². The number of rotatable bonds is 4. The number of halogens is 2. The standard InChI is InChI=1S/C20H25BrN2O3.C16H17BrN2O3/c1-19(2,3)20(10-6-7-11-23(20)18(25)26)17(24)14-12-16(21)22-15-9-5-4-8-13(14)15;17-14-9-11(10-5-1-2-6-12(10)18-14)15(20)13-7-3-4-8-19(13)16(21)22/h4-5,8-9,12,17,24H,6-7,10-11H2,1-3H3,(H,25,26);1-2,5-6,9,13,15,20H,3-4,7-8H2,(H,21,22)/t17-,20?;13?,15-/m01/s1. The molecule has 2 aliphatic heterocycles. The molecule has 10 nitrogen and oxygen atoms in total. The Morgan fingerprint density at radius 2 is 1.35 bits per heavy atom. The Labute approximate surface area is 297 Å². The number of hydrogen-bond acceptors (Lipinski definition) is 6. The first-order chi connectivity index (χ1) is 22.8. The SMILES string of the molecule is CC(C)(C)C1([C@@H](O)c2cc(Br)nc3ccccc23)CCCCN1C(=O)O.O=C(O)N1CCCCC1[C@H](O)c1cc(Br)nc2ccccc12. The van der Waals surface area contributed by atoms with Crippen LogP contribution in [0.15, 0.2) is 69.9 Å². The van der Waals surface area contributed by atoms with Gasteiger partial charge in [0.25, 0.3) is 0 Å². The molecule has 0 aliphatic carbocycles. The summed E-state index contributed by atoms with van der Waals surface area (Å²) in [6.07, 6.45) is 1.01. The molecule has 4 aromatic rings. The van der Waals surface area contributed by atoms with Gasteiger partial charge in [-0.1, -0.05) is 57.2 Å². The lowest BCUT2D eigenvalue weighted by Crippen LogP contribution is -2.64. The van der Waals surface area contributed by atoms with E-state index >= 15 is 0 Å². The molecular weight excluding hydrogens is 744 g/mol. The number of aliphatic hydroxyl groups excluding tert-OH is 2. The van der Waals surface area contributed by atoms with E-state index in [0.717, 1.165) is 53.1 Å². The highest BCUT2D eigenvalue weighted by Gasteiger charge is 2.55. The minimum atomic E-state index is -0.976. The number of likely N-dealkylation sites (tertiary alicyclic amines) is 2. The van der Waals surface area contributed by atoms with Gasteiger partial charge in [-0.2, -0.15) is 0 Å². The molecule has 2 saturated heterocycles. The van der Waals surface area contributed by atoms with Crippen molar-refractivity contribution in [3.63, 3.8) is 0 Å². The Balaban J connectivity index is 0.000000190. The summed E-state index contributed by atoms with van der Waals surface area (Å²) in [5.74, 6) is 0. The number of amides is 2. The number of carboxylic acid groups (broad SMARTS) is 2. The summed E-state index contributed by atoms with van der Waals surface area (Å²) in [6.45, 7) is 6.94. The Kier molecular flexibility index (Phi) is 11.0. The molecule has 2 aromatic carbocycles. The maximum atomic E-state index is 12.1. The van der Waals surface area contributed by atoms with Crippen molar-refractivity contribution in [3.05, 3.63) is 81.0 Å². The van der Waals surface area contributed by atoms with Crippen molar-refractivity contribution < 1.29 is 30.0 Å². The molecule has 4 N–H and O–H groups in total. The maximum Gasteiger partial charge on any atom is 0.407 e. The van der Waals surface area contributed by atoms with Gasteiger partial charge >= 0.3 is 12.2 Å². The normalized spacial score (nSPS) is 21.4. The van der Waals surface area contributed by atoms with E-state index in [-0.39, 0.29) is 0 Å². The zero-order valence-electron chi connectivity index (χ0n) is 27.3. The van der Waals surface area contributed by atoms with Crippen molar-refractivity contribution >= 4 is 65.9 Å². The monoisotopic (exact) mass is 784 g/mol. The Morgan fingerprint density at radius 3 is 1.92 bits per heavy atom. The minimum Gasteiger partial charge on any atom is -0.465 e. The van der Waals surface area contributed by atoms with Gasteiger partial charge in [-0.25, -0.2) is 19.6 Å². The number of fused-ring (bicyclic) bond motifs is 2. The molecule has 0 bridgehead atoms. The predicted molar refractivity (Wildman–Crippen MR) is 192 cm³/mol. The average Bonchev–Trinajstić information content (AvgIpc) is 3.06. The fourth-order valence-electron chi connectivity index (χ4n) is 7.54. The molecule has 256 valence electrons. The summed E-state index contributed by atoms with van der Waals surface area (Å²) in [6, 6.07) is 18.4. The van der Waals surface area contributed by atoms with Gasteiger partial charge < -0.3 is 25.3 Å². The molecule has 48 heavy (non-hydrogen) atoms. The molecule has 0 radical (unpaired) electrons. The molecule has 6 rings (SSSR count). The van der Waals surface area contributed by atoms with E-state index < -0.39 is 41.4 Å². The van der Waals surface area contributed by atoms with Gasteiger partial charge in [0.05, 0.1) is 22.6 Å². The topological polar surface area (TPSA) is 147 Å². The van der Waals surface area contributed by atoms with Crippen LogP contribution in [0.3, 0.4) is 0 Å². The van der Waals surface area contributed by atoms with Crippen LogP contribution in [0.4, 0.5) is 9.59 Å². The summed E-state index contributed by atoms with van der Waals surface area (Å²) >= 11 is 6.80. The average molecular weight is 787 g/mol. The van der Waals surface area contributed by atoms with E-state index in [2.05, 4.69) is 41.8 Å². The van der Waals surface area contributed by atoms with Crippen molar-refractivity contribution in [1.82, 2.24) is 19.8 Å². The first-order valence-corrected chi connectivity index (χ1v) is 17.8. The molecule has 2 amide bonds. The van der Waals surface area contributed by atoms with E-state index in [0.29, 0.717) is 40.7 Å². The maximum absolute atomic E-state index is 12.1. The number of piperidine rings is 2. The van der Waals surface area contributed by atoms with Crippen LogP contribution in [0, 0.1) is 5.41 Å². The highest BCUT2D eigenvalue weighted by Crippen LogP contribution is 2.51. The number of carbonyl (C=O) groups is 2. The quantitative estimate of drug-likeness (QED) is 0.151. The molecular formula is C36H42Br2N4O6. The Bertz CT molecular complexity index is 1800. The van der Waals surface area contributed by atoms with Gasteiger partial charge in [-0.15, -0.1) is 0 Å². The lowest BCUT2D eigenvalue weighted by Gasteiger charge is -2.56. The summed E-state index contributed by atoms with van der Waals surface area (Å²) in [5, 5.41) is 43.4. The summed E-state index contributed by atoms with van der Waals surface area (Å²) in [5.41, 5.74) is 1.64. The van der Waals surface area contributed by atoms with E-state index in [1.807, 2.05) is 75.4 Å². The zero-order chi connectivity index (χ0) is 34.8. The van der Waals surface area contributed by atoms with Gasteiger partial charge in [0.2, 0.25) is 0 Å². The first-order valence-electron chi connectivity index (χ1n) is 16.2. The van der Waals surface area contributed by atoms with Gasteiger partial charge in [0, 0.05) is 23.9 Å². The predicted octanol–water partition coefficient (Wildman–Crippen LogP) is 8.54. The molecule has 0 spiro atoms. The van der Waals surface area contributed by atoms with Crippen LogP contribution < -0.4 is 0 Å². The van der Waals surface area contributed by atoms with Gasteiger partial charge in [0.1, 0.15) is 21.4 Å². The lowest BCUT2D eigenvalue weighted by molar-refractivity contribution is -0.106. The second kappa shape index (κ2) is 14.7. The third-order valence-corrected chi connectivity index (χ3v) is 10.7. The molecule has 4 atom stereocenters. The largest absolute Gasteiger partial charge is 0.465 e. The Hall–Kier alpha value is -3.32. The molecule has 2 aliphatic rings. The molecule has 12 heteroatoms. The van der Waals surface area contributed by atoms with Crippen molar-refractivity contribution in [1.29, 1.82) is 0 Å². The second-order valence-electron chi connectivity index (χ2n) is 13.6. The molecule has 2 aromatic heterocycles. The van der Waals surface area contributed by atoms with E-state index in [1.54, 1.807) is 6.07 Å². The molecule has 4 heterocycles. The van der Waals surface area contributed by atoms with Crippen molar-refractivity contribution in [2.45, 2.75) is 83.1 Å². The highest BCUT2D eigenvalue weighted by atomic mass is 79.9. The van der Waals surface area contributed by atoms with Crippen molar-refractivity contribution in [2.24, 2.45) is 5.41 Å². The summed E-state index contributed by atoms with van der Waals surface area (Å²) in [7, 11) is 0. The number of nitrogens with zero attached hydrogens (tertiary/aromatic N) is 4. The van der Waals surface area contributed by atoms with Crippen molar-refractivity contribution in [2.75, 3.05) is 13.1 Å². The zero-order valence-corrected chi connectivity index (χ0v) is 30.5. The fourth-order valence-corrected chi connectivity index (χ4v) is 8.41. The third kappa shape index (κ3) is 7.03. The lowest BCUT2D eigenvalue weighted by atomic mass is 9.63. The van der Waals surface area contributed by atoms with Crippen LogP contribution in [-0.4, -0.2) is 77.1 Å². The third-order valence-electron chi connectivity index (χ3n) is 9.86. The van der Waals surface area contributed by atoms with Gasteiger partial charge in [-0.05, 0) is 111 Å². The van der Waals surface area contributed by atoms with E-state index in [9.17, 15) is 30.0 Å². The molecule has 0 saturated carbocycles. The number of aromatic nitrogens is 2. The van der Waals surface area contributed by atoms with Crippen LogP contribution >= 0.6 is 31.9 Å². The summed E-state index contributed by atoms with van der Waals surface area (Å²) in [4.78, 5) is 35.2. The molecule has 2 fully saturated rings. The Morgan fingerprint density at radius 1 is 0.812 bits per heavy atom. The van der Waals surface area contributed by atoms with Crippen LogP contribution in [0.2, 0.25) is 0 Å². The van der Waals surface area contributed by atoms with Crippen LogP contribution in [0.1, 0.15) is 82.6 Å². The molecule has 2 unspecified atom stereocenters. The number of pyridine rings is 2. The number of para-hydroxylation sites is 2. The minimum absolute atomic E-state index is 0.413. The number of hydrogen-bond donors (Lipinski definition) is 4. The van der Waals surface area contributed by atoms with E-state index in [1.165, 1.54) is 9.80 Å². The van der Waals surface area contributed by atoms with Crippen LogP contribution in [0.5, 0.6) is 0 Å². The first kappa shape index (κ1) is 36.0. The second-order valence-corrected chi connectivity index (χ2v) is 15.2. The summed E-state index contributed by atoms with van der Waals surface area (Å²) < 4.78 is 1.27. The number of benzene rings is 2. The smallest absolute Gasteiger partial charge is 0.407 e. The van der Waals surface area contributed by atoms with Crippen LogP contribution in [0.25, 0.3) is 21.8 Å². The van der Waals surface area contributed by atoms with Gasteiger partial charge in [0.15, 0.2) is 0 Å². The van der Waals surface area contributed by atoms with Crippen molar-refractivity contribution in [3.8, 4) is 0 Å². The highest BCUT2D eigenvalue weighted by molar-refractivity contribution is 9.10.